The van der Waals surface area contributed by atoms with Crippen molar-refractivity contribution in [2.45, 2.75) is 6.04 Å². The maximum atomic E-state index is 12.1. The Balaban J connectivity index is 1.26. The van der Waals surface area contributed by atoms with Crippen molar-refractivity contribution in [3.05, 3.63) is 70.7 Å². The van der Waals surface area contributed by atoms with Gasteiger partial charge in [-0.3, -0.25) is 19.5 Å². The van der Waals surface area contributed by atoms with Crippen LogP contribution in [0.4, 0.5) is 0 Å². The highest BCUT2D eigenvalue weighted by Crippen LogP contribution is 2.30. The summed E-state index contributed by atoms with van der Waals surface area (Å²) in [4.78, 5) is 19.2. The Morgan fingerprint density at radius 3 is 2.22 bits per heavy atom. The number of ether oxygens (including phenoxy) is 1. The van der Waals surface area contributed by atoms with Gasteiger partial charge in [0.25, 0.3) is 0 Å². The van der Waals surface area contributed by atoms with Crippen molar-refractivity contribution in [3.63, 3.8) is 0 Å². The molecule has 0 radical (unpaired) electrons. The van der Waals surface area contributed by atoms with Crippen molar-refractivity contribution < 1.29 is 9.53 Å². The molecule has 1 N–H and O–H groups in total. The molecule has 172 valence electrons. The van der Waals surface area contributed by atoms with E-state index in [2.05, 4.69) is 62.5 Å². The zero-order chi connectivity index (χ0) is 22.2. The minimum Gasteiger partial charge on any atom is -0.463 e. The summed E-state index contributed by atoms with van der Waals surface area (Å²) in [5, 5.41) is 4.06. The molecule has 7 heteroatoms. The number of halogens is 1. The first-order valence-electron chi connectivity index (χ1n) is 11.5. The van der Waals surface area contributed by atoms with Crippen LogP contribution in [0.3, 0.4) is 0 Å². The summed E-state index contributed by atoms with van der Waals surface area (Å²) in [6.45, 7) is 9.22. The molecule has 1 unspecified atom stereocenters. The predicted molar refractivity (Wildman–Crippen MR) is 128 cm³/mol. The van der Waals surface area contributed by atoms with Crippen LogP contribution in [0.5, 0.6) is 0 Å². The average molecular weight is 457 g/mol. The van der Waals surface area contributed by atoms with E-state index in [0.717, 1.165) is 63.9 Å². The third kappa shape index (κ3) is 6.53. The first-order chi connectivity index (χ1) is 15.7. The second-order valence-electron chi connectivity index (χ2n) is 8.49. The van der Waals surface area contributed by atoms with Gasteiger partial charge in [-0.2, -0.15) is 0 Å². The lowest BCUT2D eigenvalue weighted by molar-refractivity contribution is -0.145. The van der Waals surface area contributed by atoms with Crippen LogP contribution in [0, 0.1) is 0 Å². The largest absolute Gasteiger partial charge is 0.463 e. The first-order valence-corrected chi connectivity index (χ1v) is 11.9. The summed E-state index contributed by atoms with van der Waals surface area (Å²) in [5.41, 5.74) is 2.56. The molecule has 0 amide bonds. The van der Waals surface area contributed by atoms with Gasteiger partial charge in [0.1, 0.15) is 6.61 Å². The van der Waals surface area contributed by atoms with E-state index < -0.39 is 0 Å². The number of carbonyl (C=O) groups excluding carboxylic acids is 1. The van der Waals surface area contributed by atoms with E-state index in [1.165, 1.54) is 11.1 Å². The van der Waals surface area contributed by atoms with Crippen molar-refractivity contribution >= 4 is 17.6 Å². The quantitative estimate of drug-likeness (QED) is 0.616. The standard InChI is InChI=1S/C25H33ClN4O2/c26-23-8-6-22(7-9-23)25(21-4-2-1-3-5-21)30-16-14-28(15-17-30)18-19-32-24(31)20-29-12-10-27-11-13-29/h1-9,25,27H,10-20H2. The van der Waals surface area contributed by atoms with Crippen LogP contribution in [-0.4, -0.2) is 92.7 Å². The van der Waals surface area contributed by atoms with E-state index in [0.29, 0.717) is 13.2 Å². The fourth-order valence-corrected chi connectivity index (χ4v) is 4.65. The summed E-state index contributed by atoms with van der Waals surface area (Å²) in [6, 6.07) is 19.1. The molecule has 0 aliphatic carbocycles. The first kappa shape index (κ1) is 23.2. The van der Waals surface area contributed by atoms with Crippen LogP contribution in [0.1, 0.15) is 17.2 Å². The van der Waals surface area contributed by atoms with E-state index >= 15 is 0 Å². The second-order valence-corrected chi connectivity index (χ2v) is 8.93. The molecule has 1 atom stereocenters. The number of nitrogens with one attached hydrogen (secondary N) is 1. The van der Waals surface area contributed by atoms with Gasteiger partial charge in [0.2, 0.25) is 0 Å². The van der Waals surface area contributed by atoms with Gasteiger partial charge >= 0.3 is 5.97 Å². The Morgan fingerprint density at radius 1 is 0.875 bits per heavy atom. The maximum absolute atomic E-state index is 12.1. The van der Waals surface area contributed by atoms with Gasteiger partial charge < -0.3 is 10.1 Å². The third-order valence-corrected chi connectivity index (χ3v) is 6.56. The smallest absolute Gasteiger partial charge is 0.320 e. The van der Waals surface area contributed by atoms with Gasteiger partial charge in [-0.05, 0) is 23.3 Å². The molecule has 2 saturated heterocycles. The highest BCUT2D eigenvalue weighted by Gasteiger charge is 2.26. The SMILES string of the molecule is O=C(CN1CCNCC1)OCCN1CCN(C(c2ccccc2)c2ccc(Cl)cc2)CC1. The van der Waals surface area contributed by atoms with Crippen LogP contribution >= 0.6 is 11.6 Å². The number of piperazine rings is 2. The number of rotatable bonds is 8. The van der Waals surface area contributed by atoms with Gasteiger partial charge in [-0.15, -0.1) is 0 Å². The van der Waals surface area contributed by atoms with E-state index in [4.69, 9.17) is 16.3 Å². The molecule has 0 saturated carbocycles. The molecule has 32 heavy (non-hydrogen) atoms. The van der Waals surface area contributed by atoms with Crippen LogP contribution in [-0.2, 0) is 9.53 Å². The normalized spacial score (nSPS) is 19.5. The Hall–Kier alpha value is -1.96. The topological polar surface area (TPSA) is 48.1 Å². The van der Waals surface area contributed by atoms with E-state index in [1.807, 2.05) is 12.1 Å². The van der Waals surface area contributed by atoms with Gasteiger partial charge in [0, 0.05) is 63.9 Å². The van der Waals surface area contributed by atoms with Gasteiger partial charge in [-0.1, -0.05) is 54.1 Å². The molecule has 6 nitrogen and oxygen atoms in total. The van der Waals surface area contributed by atoms with Crippen LogP contribution < -0.4 is 5.32 Å². The molecule has 2 fully saturated rings. The fourth-order valence-electron chi connectivity index (χ4n) is 4.53. The zero-order valence-corrected chi connectivity index (χ0v) is 19.3. The molecular weight excluding hydrogens is 424 g/mol. The lowest BCUT2D eigenvalue weighted by Gasteiger charge is -2.39. The van der Waals surface area contributed by atoms with Crippen LogP contribution in [0.2, 0.25) is 5.02 Å². The lowest BCUT2D eigenvalue weighted by atomic mass is 9.96. The predicted octanol–water partition coefficient (Wildman–Crippen LogP) is 2.50. The highest BCUT2D eigenvalue weighted by atomic mass is 35.5. The molecule has 0 bridgehead atoms. The third-order valence-electron chi connectivity index (χ3n) is 6.31. The Kier molecular flexibility index (Phi) is 8.54. The molecule has 0 aromatic heterocycles. The average Bonchev–Trinajstić information content (AvgIpc) is 2.83. The van der Waals surface area contributed by atoms with Crippen molar-refractivity contribution in [3.8, 4) is 0 Å². The number of nitrogens with zero attached hydrogens (tertiary/aromatic N) is 3. The Morgan fingerprint density at radius 2 is 1.53 bits per heavy atom. The molecule has 2 aliphatic rings. The summed E-state index contributed by atoms with van der Waals surface area (Å²) < 4.78 is 5.50. The number of hydrogen-bond acceptors (Lipinski definition) is 6. The maximum Gasteiger partial charge on any atom is 0.320 e. The summed E-state index contributed by atoms with van der Waals surface area (Å²) in [6.07, 6.45) is 0. The molecule has 2 aliphatic heterocycles. The second kappa shape index (κ2) is 11.8. The number of esters is 1. The number of carbonyl (C=O) groups is 1. The minimum atomic E-state index is -0.114. The molecule has 2 aromatic rings. The Bertz CT molecular complexity index is 835. The summed E-state index contributed by atoms with van der Waals surface area (Å²) in [5.74, 6) is -0.114. The fraction of sp³-hybridized carbons (Fsp3) is 0.480. The minimum absolute atomic E-state index is 0.114. The van der Waals surface area contributed by atoms with Crippen molar-refractivity contribution in [1.29, 1.82) is 0 Å². The number of benzene rings is 2. The molecule has 2 heterocycles. The van der Waals surface area contributed by atoms with Crippen molar-refractivity contribution in [1.82, 2.24) is 20.0 Å². The van der Waals surface area contributed by atoms with Crippen LogP contribution in [0.25, 0.3) is 0 Å². The lowest BCUT2D eigenvalue weighted by Crippen LogP contribution is -2.49. The van der Waals surface area contributed by atoms with E-state index in [9.17, 15) is 4.79 Å². The number of hydrogen-bond donors (Lipinski definition) is 1. The highest BCUT2D eigenvalue weighted by molar-refractivity contribution is 6.30. The summed E-state index contributed by atoms with van der Waals surface area (Å²) >= 11 is 6.13. The van der Waals surface area contributed by atoms with Gasteiger partial charge in [0.05, 0.1) is 12.6 Å². The van der Waals surface area contributed by atoms with Gasteiger partial charge in [0.15, 0.2) is 0 Å². The van der Waals surface area contributed by atoms with Gasteiger partial charge in [-0.25, -0.2) is 0 Å². The van der Waals surface area contributed by atoms with E-state index in [1.54, 1.807) is 0 Å². The Labute approximate surface area is 196 Å². The molecular formula is C25H33ClN4O2. The zero-order valence-electron chi connectivity index (χ0n) is 18.6. The van der Waals surface area contributed by atoms with E-state index in [-0.39, 0.29) is 12.0 Å². The van der Waals surface area contributed by atoms with Crippen molar-refractivity contribution in [2.24, 2.45) is 0 Å². The molecule has 4 rings (SSSR count). The summed E-state index contributed by atoms with van der Waals surface area (Å²) in [7, 11) is 0. The molecule has 0 spiro atoms. The van der Waals surface area contributed by atoms with Crippen molar-refractivity contribution in [2.75, 3.05) is 72.1 Å². The molecule has 2 aromatic carbocycles. The monoisotopic (exact) mass is 456 g/mol. The van der Waals surface area contributed by atoms with Crippen LogP contribution in [0.15, 0.2) is 54.6 Å².